The Bertz CT molecular complexity index is 1450. The van der Waals surface area contributed by atoms with Crippen molar-refractivity contribution >= 4 is 35.8 Å². The smallest absolute Gasteiger partial charge is 0.870 e. The summed E-state index contributed by atoms with van der Waals surface area (Å²) in [5, 5.41) is 8.93. The number of aromatic nitrogens is 4. The molecule has 0 atom stereocenters. The van der Waals surface area contributed by atoms with E-state index >= 15 is 0 Å². The van der Waals surface area contributed by atoms with Crippen molar-refractivity contribution in [2.24, 2.45) is 0 Å². The minimum Gasteiger partial charge on any atom is -0.870 e. The first-order valence-corrected chi connectivity index (χ1v) is 17.3. The number of allylic oxidation sites excluding steroid dienone is 2. The molecule has 2 aromatic rings. The standard InChI is InChI=1S/C10H16O4.C8H12N2.C6H8N2.C6H10O3.C5H10O.C2H5O.2CO2.CH4.2Na.H2O/c1-5-13-8(4)9(7(3)11)10(12)14-6-2;1-4-8-6(2)9-5-10-7(8)3;1-5-3-6(2)8-4-7-5;1-3-9-6(8)4-5(2)7;1-4-6-5(2)3;1-2-3;2*2-1-3;;;;/h5-6H2,1-4H3;5H,4H2,1-3H3;3-4H,1-2H3;3-4H2,1-2H3;2,4H2,1,3H3;2H2,1H3;;;1H4;;;1H2/q;;;;;-1;;;;2*+1;/p-1/b9-8-;;;;;;;;;;;. The number of esters is 2. The third kappa shape index (κ3) is 60.9. The number of ketones is 2. The van der Waals surface area contributed by atoms with Crippen molar-refractivity contribution in [2.75, 3.05) is 33.0 Å². The Hall–Kier alpha value is -3.80. The molecule has 0 saturated carbocycles. The second kappa shape index (κ2) is 59.5. The number of Topliss-reactive ketones (excluding diaryl/α,β-unsaturated/α-hetero) is 2. The Kier molecular flexibility index (Phi) is 79.6. The van der Waals surface area contributed by atoms with E-state index in [1.54, 1.807) is 47.3 Å². The zero-order chi connectivity index (χ0) is 45.1. The van der Waals surface area contributed by atoms with Gasteiger partial charge < -0.3 is 29.5 Å². The van der Waals surface area contributed by atoms with E-state index in [-0.39, 0.29) is 121 Å². The maximum Gasteiger partial charge on any atom is 1.00 e. The van der Waals surface area contributed by atoms with E-state index in [1.165, 1.54) is 19.4 Å². The molecule has 332 valence electrons. The molecule has 0 aliphatic carbocycles. The first-order chi connectivity index (χ1) is 26.3. The van der Waals surface area contributed by atoms with Crippen LogP contribution in [0.3, 0.4) is 0 Å². The Morgan fingerprint density at radius 3 is 1.23 bits per heavy atom. The van der Waals surface area contributed by atoms with E-state index in [0.29, 0.717) is 19.0 Å². The van der Waals surface area contributed by atoms with E-state index < -0.39 is 11.9 Å². The maximum atomic E-state index is 11.3. The number of carbonyl (C=O) groups excluding carboxylic acids is 8. The quantitative estimate of drug-likeness (QED) is 0.0650. The van der Waals surface area contributed by atoms with Crippen LogP contribution in [-0.2, 0) is 63.7 Å². The molecular formula is C40H66N4Na2O14. The molecule has 0 unspecified atom stereocenters. The van der Waals surface area contributed by atoms with Gasteiger partial charge in [-0.25, -0.2) is 24.7 Å². The van der Waals surface area contributed by atoms with Gasteiger partial charge in [0.05, 0.1) is 32.2 Å². The molecule has 0 bridgehead atoms. The van der Waals surface area contributed by atoms with E-state index in [2.05, 4.69) is 38.2 Å². The SMILES string of the molecule is C.C=C(C)OCC.CCOC(=O)/C(C(C)=O)=C(/C)OCC.CCOC(=O)CC(C)=O.CC[O-].CCc1c(C)ncnc1C.Cc1cc(C)ncn1.O=C=O.O=C=O.[Na+].[Na+].[OH-]. The molecule has 0 aromatic carbocycles. The largest absolute Gasteiger partial charge is 1.00 e. The van der Waals surface area contributed by atoms with Gasteiger partial charge in [-0.2, -0.15) is 19.2 Å². The van der Waals surface area contributed by atoms with Gasteiger partial charge in [0.15, 0.2) is 5.78 Å². The molecule has 0 amide bonds. The Morgan fingerprint density at radius 1 is 0.667 bits per heavy atom. The van der Waals surface area contributed by atoms with Crippen molar-refractivity contribution in [1.29, 1.82) is 0 Å². The van der Waals surface area contributed by atoms with Crippen molar-refractivity contribution < 1.29 is 127 Å². The van der Waals surface area contributed by atoms with E-state index in [9.17, 15) is 19.2 Å². The van der Waals surface area contributed by atoms with Crippen LogP contribution in [0.15, 0.2) is 42.4 Å². The van der Waals surface area contributed by atoms with Crippen LogP contribution in [0, 0.1) is 27.7 Å². The van der Waals surface area contributed by atoms with Gasteiger partial charge in [-0.15, -0.1) is 6.61 Å². The zero-order valence-corrected chi connectivity index (χ0v) is 41.9. The van der Waals surface area contributed by atoms with Gasteiger partial charge in [0, 0.05) is 22.8 Å². The topological polar surface area (TPSA) is 278 Å². The number of carbonyl (C=O) groups is 4. The molecule has 0 aliphatic rings. The second-order valence-electron chi connectivity index (χ2n) is 10.1. The third-order valence-electron chi connectivity index (χ3n) is 5.30. The van der Waals surface area contributed by atoms with Crippen LogP contribution in [0.4, 0.5) is 0 Å². The van der Waals surface area contributed by atoms with Crippen LogP contribution in [-0.4, -0.2) is 94.3 Å². The summed E-state index contributed by atoms with van der Waals surface area (Å²) in [7, 11) is 0. The molecule has 0 radical (unpaired) electrons. The van der Waals surface area contributed by atoms with Crippen molar-refractivity contribution in [2.45, 2.75) is 117 Å². The first-order valence-electron chi connectivity index (χ1n) is 17.3. The molecule has 1 N–H and O–H groups in total. The van der Waals surface area contributed by atoms with E-state index in [0.717, 1.165) is 41.6 Å². The molecule has 2 rings (SSSR count). The van der Waals surface area contributed by atoms with Gasteiger partial charge >= 0.3 is 83.4 Å². The summed E-state index contributed by atoms with van der Waals surface area (Å²) >= 11 is 0. The summed E-state index contributed by atoms with van der Waals surface area (Å²) in [6.45, 7) is 30.1. The number of hydrogen-bond acceptors (Lipinski definition) is 18. The van der Waals surface area contributed by atoms with Crippen molar-refractivity contribution in [1.82, 2.24) is 19.9 Å². The van der Waals surface area contributed by atoms with Crippen molar-refractivity contribution in [3.05, 3.63) is 70.7 Å². The number of nitrogens with zero attached hydrogens (tertiary/aromatic N) is 4. The van der Waals surface area contributed by atoms with Crippen molar-refractivity contribution in [3.8, 4) is 0 Å². The molecule has 2 heterocycles. The molecule has 2 aromatic heterocycles. The van der Waals surface area contributed by atoms with Crippen LogP contribution in [0.5, 0.6) is 0 Å². The van der Waals surface area contributed by atoms with Crippen LogP contribution in [0.25, 0.3) is 0 Å². The van der Waals surface area contributed by atoms with Crippen LogP contribution < -0.4 is 64.2 Å². The monoisotopic (exact) mass is 872 g/mol. The summed E-state index contributed by atoms with van der Waals surface area (Å²) in [5.74, 6) is -0.449. The number of aryl methyl sites for hydroxylation is 4. The Morgan fingerprint density at radius 2 is 1.02 bits per heavy atom. The molecule has 18 nitrogen and oxygen atoms in total. The summed E-state index contributed by atoms with van der Waals surface area (Å²) < 4.78 is 19.2. The molecular weight excluding hydrogens is 806 g/mol. The number of rotatable bonds is 11. The molecule has 0 spiro atoms. The fourth-order valence-corrected chi connectivity index (χ4v) is 3.41. The van der Waals surface area contributed by atoms with E-state index in [1.807, 2.05) is 47.6 Å². The molecule has 0 fully saturated rings. The first kappa shape index (κ1) is 80.2. The minimum absolute atomic E-state index is 0. The summed E-state index contributed by atoms with van der Waals surface area (Å²) in [6, 6.07) is 1.94. The Labute approximate surface area is 401 Å². The molecule has 0 saturated heterocycles. The van der Waals surface area contributed by atoms with Gasteiger partial charge in [0.25, 0.3) is 0 Å². The molecule has 0 aliphatic heterocycles. The molecule has 20 heteroatoms. The minimum atomic E-state index is -0.619. The van der Waals surface area contributed by atoms with Gasteiger partial charge in [0.2, 0.25) is 0 Å². The summed E-state index contributed by atoms with van der Waals surface area (Å²) in [4.78, 5) is 91.7. The molecule has 60 heavy (non-hydrogen) atoms. The fourth-order valence-electron chi connectivity index (χ4n) is 3.41. The van der Waals surface area contributed by atoms with E-state index in [4.69, 9.17) is 38.5 Å². The fraction of sp³-hybridized carbons (Fsp3) is 0.550. The summed E-state index contributed by atoms with van der Waals surface area (Å²) in [6.07, 6.45) is 4.61. The van der Waals surface area contributed by atoms with Gasteiger partial charge in [-0.3, -0.25) is 14.4 Å². The predicted molar refractivity (Wildman–Crippen MR) is 212 cm³/mol. The van der Waals surface area contributed by atoms with Crippen molar-refractivity contribution in [3.63, 3.8) is 0 Å². The van der Waals surface area contributed by atoms with Crippen LogP contribution in [0.2, 0.25) is 0 Å². The van der Waals surface area contributed by atoms with Crippen LogP contribution in [0.1, 0.15) is 111 Å². The normalized spacial score (nSPS) is 8.25. The predicted octanol–water partition coefficient (Wildman–Crippen LogP) is -1.05. The zero-order valence-electron chi connectivity index (χ0n) is 37.9. The second-order valence-corrected chi connectivity index (χ2v) is 10.1. The average Bonchev–Trinajstić information content (AvgIpc) is 3.07. The van der Waals surface area contributed by atoms with Gasteiger partial charge in [0.1, 0.15) is 36.2 Å². The Balaban J connectivity index is -0.0000000619. The van der Waals surface area contributed by atoms with Crippen LogP contribution >= 0.6 is 0 Å². The number of ether oxygens (including phenoxy) is 4. The summed E-state index contributed by atoms with van der Waals surface area (Å²) in [5.41, 5.74) is 5.54. The number of hydrogen-bond donors (Lipinski definition) is 0. The third-order valence-corrected chi connectivity index (χ3v) is 5.30. The maximum absolute atomic E-state index is 11.3. The average molecular weight is 873 g/mol. The van der Waals surface area contributed by atoms with Gasteiger partial charge in [-0.05, 0) is 101 Å². The van der Waals surface area contributed by atoms with Gasteiger partial charge in [-0.1, -0.05) is 27.9 Å².